The molecule has 0 aromatic heterocycles. The van der Waals surface area contributed by atoms with Gasteiger partial charge in [0.1, 0.15) is 5.75 Å². The first-order valence-electron chi connectivity index (χ1n) is 6.13. The third-order valence-corrected chi connectivity index (χ3v) is 3.72. The van der Waals surface area contributed by atoms with Crippen molar-refractivity contribution in [1.82, 2.24) is 0 Å². The minimum atomic E-state index is 0.165. The van der Waals surface area contributed by atoms with Crippen LogP contribution in [-0.4, -0.2) is 6.61 Å². The number of hydrogen-bond acceptors (Lipinski definition) is 1. The monoisotopic (exact) mass is 238 g/mol. The van der Waals surface area contributed by atoms with E-state index in [-0.39, 0.29) is 5.38 Å². The van der Waals surface area contributed by atoms with E-state index in [0.717, 1.165) is 25.2 Å². The fraction of sp³-hybridized carbons (Fsp3) is 0.571. The molecule has 0 saturated carbocycles. The van der Waals surface area contributed by atoms with Crippen LogP contribution in [0.1, 0.15) is 48.3 Å². The number of halogens is 1. The van der Waals surface area contributed by atoms with E-state index in [1.807, 2.05) is 6.92 Å². The minimum Gasteiger partial charge on any atom is -0.494 e. The minimum absolute atomic E-state index is 0.165. The molecule has 2 rings (SSSR count). The fourth-order valence-corrected chi connectivity index (χ4v) is 2.97. The SMILES string of the molecule is CCOc1ccc(C)c2c1CCCCC2Cl. The summed E-state index contributed by atoms with van der Waals surface area (Å²) >= 11 is 6.47. The molecule has 0 bridgehead atoms. The molecular weight excluding hydrogens is 220 g/mol. The maximum absolute atomic E-state index is 6.47. The summed E-state index contributed by atoms with van der Waals surface area (Å²) in [6.07, 6.45) is 4.63. The molecule has 1 aliphatic carbocycles. The summed E-state index contributed by atoms with van der Waals surface area (Å²) in [5, 5.41) is 0.165. The number of aryl methyl sites for hydroxylation is 1. The summed E-state index contributed by atoms with van der Waals surface area (Å²) in [5.41, 5.74) is 3.98. The summed E-state index contributed by atoms with van der Waals surface area (Å²) in [6.45, 7) is 4.90. The average molecular weight is 239 g/mol. The second-order valence-corrected chi connectivity index (χ2v) is 4.95. The highest BCUT2D eigenvalue weighted by Gasteiger charge is 2.21. The van der Waals surface area contributed by atoms with Crippen LogP contribution >= 0.6 is 11.6 Å². The Kier molecular flexibility index (Phi) is 3.75. The van der Waals surface area contributed by atoms with Crippen molar-refractivity contribution in [3.05, 3.63) is 28.8 Å². The van der Waals surface area contributed by atoms with E-state index < -0.39 is 0 Å². The number of rotatable bonds is 2. The van der Waals surface area contributed by atoms with E-state index in [0.29, 0.717) is 0 Å². The summed E-state index contributed by atoms with van der Waals surface area (Å²) in [5.74, 6) is 1.04. The molecule has 1 aromatic rings. The van der Waals surface area contributed by atoms with Gasteiger partial charge in [-0.15, -0.1) is 11.6 Å². The summed E-state index contributed by atoms with van der Waals surface area (Å²) < 4.78 is 5.70. The van der Waals surface area contributed by atoms with E-state index >= 15 is 0 Å². The van der Waals surface area contributed by atoms with E-state index in [1.54, 1.807) is 0 Å². The second kappa shape index (κ2) is 5.09. The zero-order chi connectivity index (χ0) is 11.5. The van der Waals surface area contributed by atoms with Crippen LogP contribution in [0.25, 0.3) is 0 Å². The van der Waals surface area contributed by atoms with Crippen LogP contribution in [0.2, 0.25) is 0 Å². The van der Waals surface area contributed by atoms with Gasteiger partial charge in [0.25, 0.3) is 0 Å². The Morgan fingerprint density at radius 3 is 2.94 bits per heavy atom. The van der Waals surface area contributed by atoms with Crippen molar-refractivity contribution >= 4 is 11.6 Å². The Morgan fingerprint density at radius 1 is 1.38 bits per heavy atom. The van der Waals surface area contributed by atoms with Gasteiger partial charge in [0.15, 0.2) is 0 Å². The Bertz CT molecular complexity index is 373. The number of alkyl halides is 1. The molecule has 0 N–H and O–H groups in total. The van der Waals surface area contributed by atoms with E-state index in [4.69, 9.17) is 16.3 Å². The average Bonchev–Trinajstić information content (AvgIpc) is 2.46. The molecule has 1 nitrogen and oxygen atoms in total. The van der Waals surface area contributed by atoms with Crippen LogP contribution in [0.15, 0.2) is 12.1 Å². The van der Waals surface area contributed by atoms with Gasteiger partial charge in [0.2, 0.25) is 0 Å². The normalized spacial score (nSPS) is 20.1. The largest absolute Gasteiger partial charge is 0.494 e. The van der Waals surface area contributed by atoms with Crippen molar-refractivity contribution in [2.24, 2.45) is 0 Å². The quantitative estimate of drug-likeness (QED) is 0.548. The molecule has 0 heterocycles. The van der Waals surface area contributed by atoms with Gasteiger partial charge in [-0.3, -0.25) is 0 Å². The van der Waals surface area contributed by atoms with Crippen molar-refractivity contribution in [2.75, 3.05) is 6.61 Å². The van der Waals surface area contributed by atoms with Crippen molar-refractivity contribution < 1.29 is 4.74 Å². The Morgan fingerprint density at radius 2 is 2.19 bits per heavy atom. The van der Waals surface area contributed by atoms with Gasteiger partial charge >= 0.3 is 0 Å². The van der Waals surface area contributed by atoms with E-state index in [2.05, 4.69) is 19.1 Å². The maximum Gasteiger partial charge on any atom is 0.122 e. The zero-order valence-corrected chi connectivity index (χ0v) is 10.8. The molecule has 1 aromatic carbocycles. The Hall–Kier alpha value is -0.690. The number of fused-ring (bicyclic) bond motifs is 1. The van der Waals surface area contributed by atoms with Crippen molar-refractivity contribution in [3.8, 4) is 5.75 Å². The van der Waals surface area contributed by atoms with Crippen molar-refractivity contribution in [2.45, 2.75) is 44.9 Å². The highest BCUT2D eigenvalue weighted by atomic mass is 35.5. The van der Waals surface area contributed by atoms with Gasteiger partial charge < -0.3 is 4.74 Å². The molecule has 0 aliphatic heterocycles. The molecule has 16 heavy (non-hydrogen) atoms. The molecular formula is C14H19ClO. The smallest absolute Gasteiger partial charge is 0.122 e. The van der Waals surface area contributed by atoms with Gasteiger partial charge in [-0.05, 0) is 55.9 Å². The van der Waals surface area contributed by atoms with Gasteiger partial charge in [0, 0.05) is 0 Å². The van der Waals surface area contributed by atoms with Crippen LogP contribution in [-0.2, 0) is 6.42 Å². The number of hydrogen-bond donors (Lipinski definition) is 0. The summed E-state index contributed by atoms with van der Waals surface area (Å²) in [6, 6.07) is 4.22. The molecule has 88 valence electrons. The lowest BCUT2D eigenvalue weighted by Crippen LogP contribution is -2.02. The first-order chi connectivity index (χ1) is 7.74. The van der Waals surface area contributed by atoms with Crippen LogP contribution in [0.3, 0.4) is 0 Å². The fourth-order valence-electron chi connectivity index (χ4n) is 2.52. The lowest BCUT2D eigenvalue weighted by molar-refractivity contribution is 0.336. The number of ether oxygens (including phenoxy) is 1. The first kappa shape index (κ1) is 11.8. The Balaban J connectivity index is 2.48. The molecule has 0 saturated heterocycles. The van der Waals surface area contributed by atoms with E-state index in [1.165, 1.54) is 29.5 Å². The highest BCUT2D eigenvalue weighted by molar-refractivity contribution is 6.21. The van der Waals surface area contributed by atoms with Gasteiger partial charge in [0.05, 0.1) is 12.0 Å². The zero-order valence-electron chi connectivity index (χ0n) is 10.1. The highest BCUT2D eigenvalue weighted by Crippen LogP contribution is 2.39. The van der Waals surface area contributed by atoms with Gasteiger partial charge in [-0.2, -0.15) is 0 Å². The van der Waals surface area contributed by atoms with Crippen LogP contribution in [0.4, 0.5) is 0 Å². The molecule has 1 atom stereocenters. The van der Waals surface area contributed by atoms with Gasteiger partial charge in [-0.25, -0.2) is 0 Å². The Labute approximate surface area is 103 Å². The molecule has 0 amide bonds. The first-order valence-corrected chi connectivity index (χ1v) is 6.57. The van der Waals surface area contributed by atoms with Crippen LogP contribution in [0.5, 0.6) is 5.75 Å². The lowest BCUT2D eigenvalue weighted by atomic mass is 9.96. The van der Waals surface area contributed by atoms with Crippen molar-refractivity contribution in [3.63, 3.8) is 0 Å². The molecule has 0 fully saturated rings. The molecule has 1 aliphatic rings. The maximum atomic E-state index is 6.47. The number of benzene rings is 1. The summed E-state index contributed by atoms with van der Waals surface area (Å²) in [7, 11) is 0. The molecule has 2 heteroatoms. The molecule has 0 spiro atoms. The summed E-state index contributed by atoms with van der Waals surface area (Å²) in [4.78, 5) is 0. The molecule has 0 radical (unpaired) electrons. The third-order valence-electron chi connectivity index (χ3n) is 3.28. The third kappa shape index (κ3) is 2.20. The van der Waals surface area contributed by atoms with E-state index in [9.17, 15) is 0 Å². The predicted octanol–water partition coefficient (Wildman–Crippen LogP) is 4.40. The topological polar surface area (TPSA) is 9.23 Å². The molecule has 1 unspecified atom stereocenters. The lowest BCUT2D eigenvalue weighted by Gasteiger charge is -2.17. The predicted molar refractivity (Wildman–Crippen MR) is 68.5 cm³/mol. The van der Waals surface area contributed by atoms with Gasteiger partial charge in [-0.1, -0.05) is 12.5 Å². The van der Waals surface area contributed by atoms with Crippen LogP contribution < -0.4 is 4.74 Å². The standard InChI is InChI=1S/C14H19ClO/c1-3-16-13-9-8-10(2)14-11(13)6-4-5-7-12(14)15/h8-9,12H,3-7H2,1-2H3. The van der Waals surface area contributed by atoms with Crippen molar-refractivity contribution in [1.29, 1.82) is 0 Å². The second-order valence-electron chi connectivity index (χ2n) is 4.42. The van der Waals surface area contributed by atoms with Crippen LogP contribution in [0, 0.1) is 6.92 Å².